The van der Waals surface area contributed by atoms with E-state index >= 15 is 0 Å². The van der Waals surface area contributed by atoms with Gasteiger partial charge in [-0.2, -0.15) is 4.98 Å². The topological polar surface area (TPSA) is 63.8 Å². The number of aryl methyl sites for hydroxylation is 2. The van der Waals surface area contributed by atoms with Gasteiger partial charge < -0.3 is 9.84 Å². The van der Waals surface area contributed by atoms with Gasteiger partial charge in [-0.05, 0) is 33.2 Å². The molecule has 1 N–H and O–H groups in total. The van der Waals surface area contributed by atoms with Crippen LogP contribution in [0.5, 0.6) is 0 Å². The minimum Gasteiger partial charge on any atom is -0.333 e. The van der Waals surface area contributed by atoms with Gasteiger partial charge >= 0.3 is 0 Å². The summed E-state index contributed by atoms with van der Waals surface area (Å²) in [5.41, 5.74) is 0.964. The van der Waals surface area contributed by atoms with Crippen LogP contribution in [0, 0.1) is 13.8 Å². The molecule has 2 aromatic rings. The molecule has 0 bridgehead atoms. The van der Waals surface area contributed by atoms with Gasteiger partial charge in [0.25, 0.3) is 5.89 Å². The van der Waals surface area contributed by atoms with Crippen LogP contribution in [-0.2, 0) is 0 Å². The quantitative estimate of drug-likeness (QED) is 0.914. The van der Waals surface area contributed by atoms with E-state index in [-0.39, 0.29) is 6.04 Å². The summed E-state index contributed by atoms with van der Waals surface area (Å²) >= 11 is 1.60. The zero-order valence-electron chi connectivity index (χ0n) is 11.3. The van der Waals surface area contributed by atoms with Crippen molar-refractivity contribution in [1.82, 2.24) is 20.4 Å². The predicted octanol–water partition coefficient (Wildman–Crippen LogP) is 3.01. The maximum Gasteiger partial charge on any atom is 0.269 e. The largest absolute Gasteiger partial charge is 0.333 e. The van der Waals surface area contributed by atoms with Crippen molar-refractivity contribution in [2.75, 3.05) is 6.54 Å². The van der Waals surface area contributed by atoms with Crippen LogP contribution in [0.2, 0.25) is 0 Å². The summed E-state index contributed by atoms with van der Waals surface area (Å²) in [7, 11) is 0. The van der Waals surface area contributed by atoms with Crippen molar-refractivity contribution in [3.05, 3.63) is 16.5 Å². The first-order valence-corrected chi connectivity index (χ1v) is 7.57. The highest BCUT2D eigenvalue weighted by atomic mass is 32.1. The van der Waals surface area contributed by atoms with Gasteiger partial charge in [0.15, 0.2) is 5.82 Å². The Balaban J connectivity index is 1.84. The maximum atomic E-state index is 5.41. The average molecular weight is 278 g/mol. The lowest BCUT2D eigenvalue weighted by Crippen LogP contribution is -2.21. The summed E-state index contributed by atoms with van der Waals surface area (Å²) in [4.78, 5) is 9.94. The zero-order valence-corrected chi connectivity index (χ0v) is 12.1. The van der Waals surface area contributed by atoms with Crippen LogP contribution in [0.1, 0.15) is 48.3 Å². The highest BCUT2D eigenvalue weighted by Gasteiger charge is 2.21. The number of nitrogens with zero attached hydrogens (tertiary/aromatic N) is 3. The van der Waals surface area contributed by atoms with E-state index in [9.17, 15) is 0 Å². The minimum absolute atomic E-state index is 0.231. The van der Waals surface area contributed by atoms with Crippen molar-refractivity contribution in [3.8, 4) is 10.8 Å². The van der Waals surface area contributed by atoms with Crippen LogP contribution in [-0.4, -0.2) is 21.7 Å². The van der Waals surface area contributed by atoms with Crippen LogP contribution in [0.25, 0.3) is 10.8 Å². The highest BCUT2D eigenvalue weighted by Crippen LogP contribution is 2.30. The van der Waals surface area contributed by atoms with Gasteiger partial charge in [0, 0.05) is 0 Å². The first kappa shape index (κ1) is 12.7. The third kappa shape index (κ3) is 2.69. The number of hydrogen-bond donors (Lipinski definition) is 1. The second kappa shape index (κ2) is 5.38. The van der Waals surface area contributed by atoms with E-state index in [0.717, 1.165) is 34.4 Å². The minimum atomic E-state index is 0.231. The fourth-order valence-electron chi connectivity index (χ4n) is 2.45. The van der Waals surface area contributed by atoms with Gasteiger partial charge in [-0.3, -0.25) is 0 Å². The van der Waals surface area contributed by atoms with Gasteiger partial charge in [0.1, 0.15) is 4.88 Å². The molecule has 6 heteroatoms. The van der Waals surface area contributed by atoms with Crippen molar-refractivity contribution in [2.45, 2.75) is 45.6 Å². The molecule has 5 nitrogen and oxygen atoms in total. The van der Waals surface area contributed by atoms with Gasteiger partial charge in [0.05, 0.1) is 16.7 Å². The van der Waals surface area contributed by atoms with Gasteiger partial charge in [-0.15, -0.1) is 11.3 Å². The van der Waals surface area contributed by atoms with Crippen molar-refractivity contribution < 1.29 is 4.52 Å². The summed E-state index contributed by atoms with van der Waals surface area (Å²) in [5, 5.41) is 8.65. The third-order valence-electron chi connectivity index (χ3n) is 3.41. The van der Waals surface area contributed by atoms with Crippen molar-refractivity contribution >= 4 is 11.3 Å². The van der Waals surface area contributed by atoms with Crippen LogP contribution < -0.4 is 5.32 Å². The molecule has 0 amide bonds. The summed E-state index contributed by atoms with van der Waals surface area (Å²) in [6, 6.07) is 0.231. The van der Waals surface area contributed by atoms with Crippen molar-refractivity contribution in [1.29, 1.82) is 0 Å². The molecule has 19 heavy (non-hydrogen) atoms. The summed E-state index contributed by atoms with van der Waals surface area (Å²) in [6.45, 7) is 5.01. The van der Waals surface area contributed by atoms with Gasteiger partial charge in [-0.25, -0.2) is 4.98 Å². The number of aromatic nitrogens is 3. The van der Waals surface area contributed by atoms with E-state index in [1.165, 1.54) is 19.3 Å². The smallest absolute Gasteiger partial charge is 0.269 e. The summed E-state index contributed by atoms with van der Waals surface area (Å²) < 4.78 is 5.41. The lowest BCUT2D eigenvalue weighted by atomic mass is 10.1. The molecule has 2 aromatic heterocycles. The number of hydrogen-bond acceptors (Lipinski definition) is 6. The molecule has 1 fully saturated rings. The fourth-order valence-corrected chi connectivity index (χ4v) is 3.29. The molecule has 1 unspecified atom stereocenters. The van der Waals surface area contributed by atoms with Crippen LogP contribution >= 0.6 is 11.3 Å². The number of rotatable bonds is 2. The number of thiazole rings is 1. The molecule has 102 valence electrons. The number of nitrogens with one attached hydrogen (secondary N) is 1. The second-order valence-corrected chi connectivity index (χ2v) is 6.16. The molecular formula is C13H18N4OS. The maximum absolute atomic E-state index is 5.41. The Bertz CT molecular complexity index is 555. The van der Waals surface area contributed by atoms with Crippen molar-refractivity contribution in [2.24, 2.45) is 0 Å². The van der Waals surface area contributed by atoms with Crippen LogP contribution in [0.3, 0.4) is 0 Å². The molecule has 0 radical (unpaired) electrons. The van der Waals surface area contributed by atoms with E-state index in [4.69, 9.17) is 4.52 Å². The Morgan fingerprint density at radius 1 is 1.21 bits per heavy atom. The van der Waals surface area contributed by atoms with E-state index in [0.29, 0.717) is 5.89 Å². The second-order valence-electron chi connectivity index (χ2n) is 4.96. The molecule has 1 aliphatic heterocycles. The SMILES string of the molecule is Cc1nc(C)c(-c2nc(C3CCCCCN3)no2)s1. The average Bonchev–Trinajstić information content (AvgIpc) is 2.88. The van der Waals surface area contributed by atoms with Crippen LogP contribution in [0.4, 0.5) is 0 Å². The van der Waals surface area contributed by atoms with E-state index < -0.39 is 0 Å². The van der Waals surface area contributed by atoms with Crippen molar-refractivity contribution in [3.63, 3.8) is 0 Å². The Hall–Kier alpha value is -1.27. The van der Waals surface area contributed by atoms with Gasteiger partial charge in [-0.1, -0.05) is 18.0 Å². The van der Waals surface area contributed by atoms with Gasteiger partial charge in [0.2, 0.25) is 0 Å². The molecule has 0 saturated carbocycles. The summed E-state index contributed by atoms with van der Waals surface area (Å²) in [6.07, 6.45) is 4.82. The lowest BCUT2D eigenvalue weighted by molar-refractivity contribution is 0.403. The molecule has 1 saturated heterocycles. The van der Waals surface area contributed by atoms with E-state index in [1.54, 1.807) is 11.3 Å². The molecule has 3 heterocycles. The molecule has 1 atom stereocenters. The normalized spacial score (nSPS) is 20.4. The van der Waals surface area contributed by atoms with Crippen LogP contribution in [0.15, 0.2) is 4.52 Å². The molecule has 0 aromatic carbocycles. The Kier molecular flexibility index (Phi) is 3.61. The third-order valence-corrected chi connectivity index (χ3v) is 4.47. The Labute approximate surface area is 116 Å². The highest BCUT2D eigenvalue weighted by molar-refractivity contribution is 7.15. The molecular weight excluding hydrogens is 260 g/mol. The fraction of sp³-hybridized carbons (Fsp3) is 0.615. The summed E-state index contributed by atoms with van der Waals surface area (Å²) in [5.74, 6) is 1.38. The molecule has 1 aliphatic rings. The first-order valence-electron chi connectivity index (χ1n) is 6.75. The van der Waals surface area contributed by atoms with E-state index in [1.807, 2.05) is 13.8 Å². The lowest BCUT2D eigenvalue weighted by Gasteiger charge is -2.09. The Morgan fingerprint density at radius 3 is 2.89 bits per heavy atom. The monoisotopic (exact) mass is 278 g/mol. The molecule has 3 rings (SSSR count). The molecule has 0 aliphatic carbocycles. The molecule has 0 spiro atoms. The predicted molar refractivity (Wildman–Crippen MR) is 74.1 cm³/mol. The van der Waals surface area contributed by atoms with E-state index in [2.05, 4.69) is 20.4 Å². The standard InChI is InChI=1S/C13H18N4OS/c1-8-11(19-9(2)15-8)13-16-12(17-18-13)10-6-4-3-5-7-14-10/h10,14H,3-7H2,1-2H3. The first-order chi connectivity index (χ1) is 9.24. The Morgan fingerprint density at radius 2 is 2.11 bits per heavy atom. The zero-order chi connectivity index (χ0) is 13.2.